The Labute approximate surface area is 166 Å². The van der Waals surface area contributed by atoms with E-state index in [0.29, 0.717) is 12.2 Å². The molecule has 2 saturated carbocycles. The van der Waals surface area contributed by atoms with Crippen LogP contribution in [0.2, 0.25) is 0 Å². The zero-order valence-electron chi connectivity index (χ0n) is 17.4. The second-order valence-corrected chi connectivity index (χ2v) is 10.1. The lowest BCUT2D eigenvalue weighted by atomic mass is 9.38. The molecule has 0 radical (unpaired) electrons. The first-order valence-corrected chi connectivity index (χ1v) is 10.6. The van der Waals surface area contributed by atoms with E-state index >= 15 is 0 Å². The van der Waals surface area contributed by atoms with Crippen molar-refractivity contribution >= 4 is 5.78 Å². The molecule has 6 heteroatoms. The number of carbonyl (C=O) groups excluding carboxylic acids is 1. The number of carbonyl (C=O) groups is 1. The van der Waals surface area contributed by atoms with Gasteiger partial charge in [0.15, 0.2) is 12.0 Å². The van der Waals surface area contributed by atoms with Gasteiger partial charge >= 0.3 is 0 Å². The maximum Gasteiger partial charge on any atom is 0.203 e. The van der Waals surface area contributed by atoms with E-state index in [1.807, 2.05) is 6.08 Å². The SMILES string of the molecule is COC1=CC(C)C2CC3OC(O)CC4C(C)C5OCOC5C([C@@]2(C)C1=O)[C@@]34C. The maximum atomic E-state index is 13.7. The topological polar surface area (TPSA) is 74.2 Å². The predicted molar refractivity (Wildman–Crippen MR) is 99.8 cm³/mol. The second-order valence-electron chi connectivity index (χ2n) is 10.1. The van der Waals surface area contributed by atoms with Crippen LogP contribution in [0.15, 0.2) is 11.8 Å². The third-order valence-electron chi connectivity index (χ3n) is 9.13. The fourth-order valence-corrected chi connectivity index (χ4v) is 7.95. The first kappa shape index (κ1) is 19.0. The molecule has 2 heterocycles. The Hall–Kier alpha value is -0.950. The molecule has 4 fully saturated rings. The standard InChI is InChI=1S/C22H32O6/c1-10-6-14(25-5)20(24)22(4)12(10)7-15-21(3)13(8-16(23)28-15)11(2)17-18(19(21)22)27-9-26-17/h6,10-13,15-19,23H,7-9H2,1-5H3/t10?,11?,12?,13?,15?,16?,17?,18?,19?,21-,22+/m1/s1. The lowest BCUT2D eigenvalue weighted by molar-refractivity contribution is -0.314. The van der Waals surface area contributed by atoms with Crippen LogP contribution in [0.3, 0.4) is 0 Å². The van der Waals surface area contributed by atoms with E-state index in [2.05, 4.69) is 27.7 Å². The average Bonchev–Trinajstić information content (AvgIpc) is 3.12. The number of aliphatic hydroxyl groups is 1. The van der Waals surface area contributed by atoms with Gasteiger partial charge in [0.05, 0.1) is 25.4 Å². The number of ketones is 1. The quantitative estimate of drug-likeness (QED) is 0.739. The van der Waals surface area contributed by atoms with Crippen LogP contribution in [0.25, 0.3) is 0 Å². The van der Waals surface area contributed by atoms with E-state index in [1.165, 1.54) is 0 Å². The van der Waals surface area contributed by atoms with Crippen molar-refractivity contribution in [3.8, 4) is 0 Å². The molecule has 0 amide bonds. The molecule has 0 aromatic rings. The summed E-state index contributed by atoms with van der Waals surface area (Å²) >= 11 is 0. The minimum Gasteiger partial charge on any atom is -0.493 e. The number of ether oxygens (including phenoxy) is 4. The molecule has 0 aromatic carbocycles. The van der Waals surface area contributed by atoms with Crippen LogP contribution in [-0.2, 0) is 23.7 Å². The molecule has 28 heavy (non-hydrogen) atoms. The molecule has 2 aliphatic heterocycles. The number of aliphatic hydroxyl groups excluding tert-OH is 1. The molecule has 1 N–H and O–H groups in total. The summed E-state index contributed by atoms with van der Waals surface area (Å²) in [5.41, 5.74) is -0.865. The van der Waals surface area contributed by atoms with E-state index in [1.54, 1.807) is 7.11 Å². The van der Waals surface area contributed by atoms with Crippen LogP contribution < -0.4 is 0 Å². The second kappa shape index (κ2) is 6.03. The summed E-state index contributed by atoms with van der Waals surface area (Å²) in [6, 6.07) is 0. The summed E-state index contributed by atoms with van der Waals surface area (Å²) in [5, 5.41) is 10.5. The highest BCUT2D eigenvalue weighted by atomic mass is 16.7. The fourth-order valence-electron chi connectivity index (χ4n) is 7.95. The van der Waals surface area contributed by atoms with Gasteiger partial charge in [-0.2, -0.15) is 0 Å². The van der Waals surface area contributed by atoms with E-state index < -0.39 is 11.7 Å². The fraction of sp³-hybridized carbons (Fsp3) is 0.864. The number of hydrogen-bond acceptors (Lipinski definition) is 6. The van der Waals surface area contributed by atoms with E-state index in [9.17, 15) is 9.90 Å². The van der Waals surface area contributed by atoms with E-state index in [0.717, 1.165) is 6.42 Å². The predicted octanol–water partition coefficient (Wildman–Crippen LogP) is 2.50. The van der Waals surface area contributed by atoms with Crippen molar-refractivity contribution in [1.29, 1.82) is 0 Å². The van der Waals surface area contributed by atoms with Crippen LogP contribution >= 0.6 is 0 Å². The van der Waals surface area contributed by atoms with Gasteiger partial charge < -0.3 is 24.1 Å². The van der Waals surface area contributed by atoms with Crippen LogP contribution in [-0.4, -0.2) is 49.4 Å². The summed E-state index contributed by atoms with van der Waals surface area (Å²) in [6.07, 6.45) is 2.27. The van der Waals surface area contributed by atoms with Crippen molar-refractivity contribution in [2.24, 2.45) is 40.4 Å². The smallest absolute Gasteiger partial charge is 0.203 e. The Morgan fingerprint density at radius 3 is 2.57 bits per heavy atom. The van der Waals surface area contributed by atoms with Crippen LogP contribution in [0, 0.1) is 40.4 Å². The highest BCUT2D eigenvalue weighted by molar-refractivity contribution is 5.99. The molecule has 0 bridgehead atoms. The molecule has 3 aliphatic carbocycles. The van der Waals surface area contributed by atoms with Crippen molar-refractivity contribution < 1.29 is 28.8 Å². The van der Waals surface area contributed by atoms with Crippen molar-refractivity contribution in [1.82, 2.24) is 0 Å². The van der Waals surface area contributed by atoms with Gasteiger partial charge in [-0.3, -0.25) is 4.79 Å². The Morgan fingerprint density at radius 1 is 1.14 bits per heavy atom. The van der Waals surface area contributed by atoms with E-state index in [4.69, 9.17) is 18.9 Å². The Bertz CT molecular complexity index is 720. The molecular weight excluding hydrogens is 360 g/mol. The Balaban J connectivity index is 1.71. The summed E-state index contributed by atoms with van der Waals surface area (Å²) in [6.45, 7) is 9.00. The molecule has 6 nitrogen and oxygen atoms in total. The molecule has 9 unspecified atom stereocenters. The third-order valence-corrected chi connectivity index (χ3v) is 9.13. The lowest BCUT2D eigenvalue weighted by Crippen LogP contribution is -2.73. The molecule has 5 aliphatic rings. The van der Waals surface area contributed by atoms with Crippen LogP contribution in [0.1, 0.15) is 40.5 Å². The number of rotatable bonds is 1. The first-order valence-electron chi connectivity index (χ1n) is 10.6. The monoisotopic (exact) mass is 392 g/mol. The minimum atomic E-state index is -0.755. The summed E-state index contributed by atoms with van der Waals surface area (Å²) in [5.74, 6) is 1.26. The van der Waals surface area contributed by atoms with Crippen molar-refractivity contribution in [2.45, 2.75) is 65.1 Å². The number of allylic oxidation sites excluding steroid dienone is 2. The maximum absolute atomic E-state index is 13.7. The molecule has 156 valence electrons. The normalized spacial score (nSPS) is 57.7. The number of methoxy groups -OCH3 is 1. The molecule has 0 aromatic heterocycles. The van der Waals surface area contributed by atoms with Gasteiger partial charge in [-0.15, -0.1) is 0 Å². The van der Waals surface area contributed by atoms with Gasteiger partial charge in [0, 0.05) is 23.2 Å². The largest absolute Gasteiger partial charge is 0.493 e. The van der Waals surface area contributed by atoms with Gasteiger partial charge in [0.1, 0.15) is 6.79 Å². The summed E-state index contributed by atoms with van der Waals surface area (Å²) < 4.78 is 23.9. The van der Waals surface area contributed by atoms with Crippen LogP contribution in [0.5, 0.6) is 0 Å². The number of fused-ring (bicyclic) bond motifs is 4. The van der Waals surface area contributed by atoms with Gasteiger partial charge in [-0.1, -0.05) is 27.7 Å². The first-order chi connectivity index (χ1) is 13.2. The van der Waals surface area contributed by atoms with Gasteiger partial charge in [0.2, 0.25) is 5.78 Å². The van der Waals surface area contributed by atoms with Crippen molar-refractivity contribution in [3.63, 3.8) is 0 Å². The Kier molecular flexibility index (Phi) is 4.10. The Morgan fingerprint density at radius 2 is 1.86 bits per heavy atom. The summed E-state index contributed by atoms with van der Waals surface area (Å²) in [4.78, 5) is 13.7. The number of hydrogen-bond donors (Lipinski definition) is 1. The van der Waals surface area contributed by atoms with Gasteiger partial charge in [-0.05, 0) is 36.2 Å². The van der Waals surface area contributed by atoms with Gasteiger partial charge in [-0.25, -0.2) is 0 Å². The lowest BCUT2D eigenvalue weighted by Gasteiger charge is -2.69. The molecule has 5 rings (SSSR count). The van der Waals surface area contributed by atoms with Crippen molar-refractivity contribution in [2.75, 3.05) is 13.9 Å². The van der Waals surface area contributed by atoms with E-state index in [-0.39, 0.29) is 65.9 Å². The summed E-state index contributed by atoms with van der Waals surface area (Å²) in [7, 11) is 1.58. The van der Waals surface area contributed by atoms with Crippen LogP contribution in [0.4, 0.5) is 0 Å². The third kappa shape index (κ3) is 2.10. The molecule has 11 atom stereocenters. The zero-order chi connectivity index (χ0) is 20.0. The minimum absolute atomic E-state index is 0.0428. The van der Waals surface area contributed by atoms with Crippen molar-refractivity contribution in [3.05, 3.63) is 11.8 Å². The average molecular weight is 392 g/mol. The number of Topliss-reactive ketones (excluding diaryl/α,β-unsaturated/α-hetero) is 1. The molecule has 2 saturated heterocycles. The zero-order valence-corrected chi connectivity index (χ0v) is 17.4. The van der Waals surface area contributed by atoms with Gasteiger partial charge in [0.25, 0.3) is 0 Å². The highest BCUT2D eigenvalue weighted by Gasteiger charge is 2.73. The molecule has 0 spiro atoms. The highest BCUT2D eigenvalue weighted by Crippen LogP contribution is 2.69. The molecular formula is C22H32O6.